The van der Waals surface area contributed by atoms with E-state index in [9.17, 15) is 13.2 Å². The average molecular weight is 464 g/mol. The standard InChI is InChI=1S/C22H25NO8S/c1-28-16-12-20(30-3)17(21(13-16)31-4)8-10-32(26,27)14-15-5-6-19(29-2)18(11-15)23-9-7-22(24)25/h5-13,23H,14H2,1-4H3,(H,24,25). The summed E-state index contributed by atoms with van der Waals surface area (Å²) in [5.74, 6) is 0.330. The van der Waals surface area contributed by atoms with Crippen LogP contribution in [0, 0.1) is 0 Å². The zero-order chi connectivity index (χ0) is 23.7. The lowest BCUT2D eigenvalue weighted by Gasteiger charge is -2.12. The number of rotatable bonds is 11. The van der Waals surface area contributed by atoms with Crippen molar-refractivity contribution in [2.24, 2.45) is 0 Å². The fourth-order valence-electron chi connectivity index (χ4n) is 2.81. The number of anilines is 1. The van der Waals surface area contributed by atoms with Crippen molar-refractivity contribution in [2.45, 2.75) is 5.75 Å². The van der Waals surface area contributed by atoms with Crippen LogP contribution < -0.4 is 24.3 Å². The van der Waals surface area contributed by atoms with Gasteiger partial charge in [0.05, 0.1) is 45.4 Å². The first-order valence-corrected chi connectivity index (χ1v) is 11.0. The summed E-state index contributed by atoms with van der Waals surface area (Å²) in [5.41, 5.74) is 1.37. The van der Waals surface area contributed by atoms with Gasteiger partial charge in [-0.15, -0.1) is 0 Å². The average Bonchev–Trinajstić information content (AvgIpc) is 2.76. The molecular weight excluding hydrogens is 438 g/mol. The molecule has 0 radical (unpaired) electrons. The van der Waals surface area contributed by atoms with E-state index < -0.39 is 15.8 Å². The number of aliphatic carboxylic acids is 1. The second-order valence-electron chi connectivity index (χ2n) is 6.41. The highest BCUT2D eigenvalue weighted by atomic mass is 32.2. The maximum atomic E-state index is 12.7. The second kappa shape index (κ2) is 11.1. The summed E-state index contributed by atoms with van der Waals surface area (Å²) in [6.45, 7) is 0. The van der Waals surface area contributed by atoms with Gasteiger partial charge in [0.15, 0.2) is 9.84 Å². The van der Waals surface area contributed by atoms with Crippen molar-refractivity contribution in [2.75, 3.05) is 33.8 Å². The summed E-state index contributed by atoms with van der Waals surface area (Å²) in [6, 6.07) is 8.04. The van der Waals surface area contributed by atoms with Gasteiger partial charge in [-0.2, -0.15) is 0 Å². The van der Waals surface area contributed by atoms with Crippen LogP contribution in [0.25, 0.3) is 6.08 Å². The Balaban J connectivity index is 2.31. The van der Waals surface area contributed by atoms with Crippen LogP contribution in [0.15, 0.2) is 48.0 Å². The molecule has 9 nitrogen and oxygen atoms in total. The number of carboxylic acids is 1. The van der Waals surface area contributed by atoms with Gasteiger partial charge in [0.25, 0.3) is 0 Å². The van der Waals surface area contributed by atoms with Crippen LogP contribution in [0.4, 0.5) is 5.69 Å². The summed E-state index contributed by atoms with van der Waals surface area (Å²) in [4.78, 5) is 10.6. The smallest absolute Gasteiger partial charge is 0.329 e. The molecule has 0 aromatic heterocycles. The molecule has 2 rings (SSSR count). The number of ether oxygens (including phenoxy) is 4. The molecule has 0 saturated carbocycles. The third-order valence-electron chi connectivity index (χ3n) is 4.29. The Kier molecular flexibility index (Phi) is 8.54. The van der Waals surface area contributed by atoms with Gasteiger partial charge in [0, 0.05) is 29.8 Å². The molecule has 0 atom stereocenters. The summed E-state index contributed by atoms with van der Waals surface area (Å²) >= 11 is 0. The Bertz CT molecular complexity index is 1100. The third-order valence-corrected chi connectivity index (χ3v) is 5.58. The fourth-order valence-corrected chi connectivity index (χ4v) is 3.89. The molecule has 2 N–H and O–H groups in total. The summed E-state index contributed by atoms with van der Waals surface area (Å²) in [5, 5.41) is 12.6. The molecule has 2 aromatic carbocycles. The minimum Gasteiger partial charge on any atom is -0.496 e. The van der Waals surface area contributed by atoms with E-state index in [0.29, 0.717) is 39.8 Å². The predicted octanol–water partition coefficient (Wildman–Crippen LogP) is 3.32. The minimum atomic E-state index is -3.67. The van der Waals surface area contributed by atoms with Crippen molar-refractivity contribution in [3.05, 3.63) is 59.1 Å². The Morgan fingerprint density at radius 1 is 0.969 bits per heavy atom. The Morgan fingerprint density at radius 3 is 2.12 bits per heavy atom. The molecule has 0 aliphatic rings. The van der Waals surface area contributed by atoms with Gasteiger partial charge in [0.2, 0.25) is 0 Å². The van der Waals surface area contributed by atoms with Crippen LogP contribution in [-0.2, 0) is 20.4 Å². The van der Waals surface area contributed by atoms with Crippen LogP contribution in [0.2, 0.25) is 0 Å². The Morgan fingerprint density at radius 2 is 1.59 bits per heavy atom. The highest BCUT2D eigenvalue weighted by Gasteiger charge is 2.14. The molecular formula is C22H25NO8S. The largest absolute Gasteiger partial charge is 0.496 e. The quantitative estimate of drug-likeness (QED) is 0.484. The van der Waals surface area contributed by atoms with Gasteiger partial charge in [0.1, 0.15) is 23.0 Å². The second-order valence-corrected chi connectivity index (χ2v) is 8.29. The number of hydrogen-bond donors (Lipinski definition) is 2. The van der Waals surface area contributed by atoms with Crippen molar-refractivity contribution in [3.63, 3.8) is 0 Å². The molecule has 0 saturated heterocycles. The first kappa shape index (κ1) is 24.6. The number of methoxy groups -OCH3 is 4. The van der Waals surface area contributed by atoms with Gasteiger partial charge >= 0.3 is 5.97 Å². The SMILES string of the molecule is COc1cc(OC)c(C=CS(=O)(=O)Cc2ccc(OC)c(NC=CC(=O)O)c2)c(OC)c1. The van der Waals surface area contributed by atoms with Gasteiger partial charge in [-0.1, -0.05) is 6.07 Å². The van der Waals surface area contributed by atoms with Crippen LogP contribution in [-0.4, -0.2) is 47.9 Å². The van der Waals surface area contributed by atoms with Gasteiger partial charge < -0.3 is 29.4 Å². The monoisotopic (exact) mass is 463 g/mol. The lowest BCUT2D eigenvalue weighted by molar-refractivity contribution is -0.131. The van der Waals surface area contributed by atoms with E-state index in [1.54, 1.807) is 30.3 Å². The molecule has 0 bridgehead atoms. The molecule has 0 amide bonds. The van der Waals surface area contributed by atoms with Gasteiger partial charge in [-0.3, -0.25) is 0 Å². The number of benzene rings is 2. The summed E-state index contributed by atoms with van der Waals surface area (Å²) in [6.07, 6.45) is 3.55. The molecule has 10 heteroatoms. The topological polar surface area (TPSA) is 120 Å². The third kappa shape index (κ3) is 6.67. The lowest BCUT2D eigenvalue weighted by Crippen LogP contribution is -2.02. The van der Waals surface area contributed by atoms with E-state index in [4.69, 9.17) is 24.1 Å². The molecule has 0 aliphatic carbocycles. The normalized spacial score (nSPS) is 11.5. The van der Waals surface area contributed by atoms with E-state index in [1.165, 1.54) is 40.7 Å². The zero-order valence-corrected chi connectivity index (χ0v) is 18.9. The van der Waals surface area contributed by atoms with E-state index in [0.717, 1.165) is 11.5 Å². The fraction of sp³-hybridized carbons (Fsp3) is 0.227. The Hall–Kier alpha value is -3.66. The minimum absolute atomic E-state index is 0.286. The first-order chi connectivity index (χ1) is 15.2. The first-order valence-electron chi connectivity index (χ1n) is 9.26. The maximum Gasteiger partial charge on any atom is 0.329 e. The Labute approximate surface area is 186 Å². The van der Waals surface area contributed by atoms with E-state index in [1.807, 2.05) is 0 Å². The molecule has 0 aliphatic heterocycles. The van der Waals surface area contributed by atoms with Crippen molar-refractivity contribution in [3.8, 4) is 23.0 Å². The molecule has 32 heavy (non-hydrogen) atoms. The van der Waals surface area contributed by atoms with Gasteiger partial charge in [-0.05, 0) is 23.8 Å². The number of sulfone groups is 1. The number of nitrogens with one attached hydrogen (secondary N) is 1. The van der Waals surface area contributed by atoms with Crippen molar-refractivity contribution in [1.29, 1.82) is 0 Å². The van der Waals surface area contributed by atoms with Crippen molar-refractivity contribution in [1.82, 2.24) is 0 Å². The van der Waals surface area contributed by atoms with E-state index >= 15 is 0 Å². The summed E-state index contributed by atoms with van der Waals surface area (Å²) < 4.78 is 46.5. The predicted molar refractivity (Wildman–Crippen MR) is 121 cm³/mol. The number of carbonyl (C=O) groups is 1. The van der Waals surface area contributed by atoms with E-state index in [2.05, 4.69) is 5.32 Å². The van der Waals surface area contributed by atoms with Crippen LogP contribution in [0.3, 0.4) is 0 Å². The highest BCUT2D eigenvalue weighted by molar-refractivity contribution is 7.93. The van der Waals surface area contributed by atoms with Crippen molar-refractivity contribution < 1.29 is 37.3 Å². The van der Waals surface area contributed by atoms with Gasteiger partial charge in [-0.25, -0.2) is 13.2 Å². The lowest BCUT2D eigenvalue weighted by atomic mass is 10.1. The molecule has 0 unspecified atom stereocenters. The number of hydrogen-bond acceptors (Lipinski definition) is 8. The molecule has 0 fully saturated rings. The summed E-state index contributed by atoms with van der Waals surface area (Å²) in [7, 11) is 2.21. The molecule has 0 heterocycles. The maximum absolute atomic E-state index is 12.7. The number of carboxylic acid groups (broad SMARTS) is 1. The molecule has 172 valence electrons. The van der Waals surface area contributed by atoms with Crippen LogP contribution in [0.1, 0.15) is 11.1 Å². The highest BCUT2D eigenvalue weighted by Crippen LogP contribution is 2.35. The van der Waals surface area contributed by atoms with Crippen LogP contribution in [0.5, 0.6) is 23.0 Å². The van der Waals surface area contributed by atoms with Crippen LogP contribution >= 0.6 is 0 Å². The zero-order valence-electron chi connectivity index (χ0n) is 18.1. The molecule has 2 aromatic rings. The van der Waals surface area contributed by atoms with Crippen molar-refractivity contribution >= 4 is 27.6 Å². The molecule has 0 spiro atoms. The van der Waals surface area contributed by atoms with E-state index in [-0.39, 0.29) is 5.75 Å².